The van der Waals surface area contributed by atoms with E-state index < -0.39 is 0 Å². The van der Waals surface area contributed by atoms with Crippen LogP contribution >= 0.6 is 11.8 Å². The summed E-state index contributed by atoms with van der Waals surface area (Å²) in [6.07, 6.45) is 8.67. The van der Waals surface area contributed by atoms with E-state index in [0.29, 0.717) is 6.61 Å². The van der Waals surface area contributed by atoms with E-state index in [9.17, 15) is 4.79 Å². The van der Waals surface area contributed by atoms with Crippen LogP contribution in [-0.4, -0.2) is 30.0 Å². The summed E-state index contributed by atoms with van der Waals surface area (Å²) in [5.74, 6) is 0.956. The number of benzene rings is 1. The van der Waals surface area contributed by atoms with E-state index in [4.69, 9.17) is 4.74 Å². The van der Waals surface area contributed by atoms with Gasteiger partial charge in [0.15, 0.2) is 6.40 Å². The molecule has 1 heterocycles. The number of ether oxygens (including phenoxy) is 1. The minimum absolute atomic E-state index is 0.0932. The molecule has 0 aliphatic heterocycles. The molecule has 4 nitrogen and oxygen atoms in total. The largest absolute Gasteiger partial charge is 0.482 e. The van der Waals surface area contributed by atoms with Crippen molar-refractivity contribution < 1.29 is 4.74 Å². The Morgan fingerprint density at radius 2 is 2.04 bits per heavy atom. The van der Waals surface area contributed by atoms with Crippen molar-refractivity contribution in [3.8, 4) is 11.3 Å². The molecule has 2 aliphatic rings. The molecule has 0 atom stereocenters. The smallest absolute Gasteiger partial charge is 0.251 e. The minimum atomic E-state index is 0.0932. The number of hydrogen-bond acceptors (Lipinski definition) is 4. The number of pyridine rings is 1. The third-order valence-electron chi connectivity index (χ3n) is 5.09. The van der Waals surface area contributed by atoms with E-state index in [1.165, 1.54) is 23.1 Å². The fraction of sp³-hybridized carbons (Fsp3) is 0.400. The standard InChI is InChI=1S/C20H22N2O2S/c1-25-10-9-24-12-21-18-8-4-7-14-16(18)11-17-13-5-2-3-6-15(13)20(23)22-19(14)17/h4,7-8,12H,2-3,5-6,9-11H2,1H3,(H,22,23)/b21-12+. The molecule has 5 heteroatoms. The summed E-state index contributed by atoms with van der Waals surface area (Å²) < 4.78 is 5.45. The summed E-state index contributed by atoms with van der Waals surface area (Å²) >= 11 is 1.75. The van der Waals surface area contributed by atoms with Crippen LogP contribution in [-0.2, 0) is 24.0 Å². The fourth-order valence-electron chi connectivity index (χ4n) is 3.90. The number of rotatable bonds is 5. The van der Waals surface area contributed by atoms with Crippen LogP contribution in [0, 0.1) is 0 Å². The Balaban J connectivity index is 1.69. The van der Waals surface area contributed by atoms with E-state index in [0.717, 1.165) is 53.9 Å². The molecule has 0 amide bonds. The van der Waals surface area contributed by atoms with E-state index in [1.54, 1.807) is 18.2 Å². The molecule has 0 saturated carbocycles. The average Bonchev–Trinajstić information content (AvgIpc) is 3.01. The first-order valence-corrected chi connectivity index (χ1v) is 10.2. The normalized spacial score (nSPS) is 15.1. The lowest BCUT2D eigenvalue weighted by Crippen LogP contribution is -2.21. The first-order chi connectivity index (χ1) is 12.3. The zero-order valence-electron chi connectivity index (χ0n) is 14.4. The molecule has 0 radical (unpaired) electrons. The molecule has 0 spiro atoms. The SMILES string of the molecule is CSCCO/C=N/c1cccc2c1Cc1c-2[nH]c(=O)c2c1CCCC2. The van der Waals surface area contributed by atoms with Gasteiger partial charge in [0.2, 0.25) is 0 Å². The Kier molecular flexibility index (Phi) is 4.66. The van der Waals surface area contributed by atoms with Crippen molar-refractivity contribution in [3.05, 3.63) is 50.8 Å². The Bertz CT molecular complexity index is 886. The summed E-state index contributed by atoms with van der Waals surface area (Å²) in [5.41, 5.74) is 7.92. The zero-order valence-corrected chi connectivity index (χ0v) is 15.2. The highest BCUT2D eigenvalue weighted by molar-refractivity contribution is 7.98. The van der Waals surface area contributed by atoms with E-state index in [1.807, 2.05) is 12.1 Å². The van der Waals surface area contributed by atoms with Gasteiger partial charge in [0, 0.05) is 23.3 Å². The maximum Gasteiger partial charge on any atom is 0.251 e. The van der Waals surface area contributed by atoms with Crippen molar-refractivity contribution in [1.29, 1.82) is 0 Å². The lowest BCUT2D eigenvalue weighted by atomic mass is 9.88. The zero-order chi connectivity index (χ0) is 17.2. The molecule has 0 bridgehead atoms. The topological polar surface area (TPSA) is 54.4 Å². The lowest BCUT2D eigenvalue weighted by Gasteiger charge is -2.18. The number of thioether (sulfide) groups is 1. The monoisotopic (exact) mass is 354 g/mol. The third-order valence-corrected chi connectivity index (χ3v) is 5.67. The summed E-state index contributed by atoms with van der Waals surface area (Å²) in [6.45, 7) is 0.667. The average molecular weight is 354 g/mol. The highest BCUT2D eigenvalue weighted by Crippen LogP contribution is 2.42. The lowest BCUT2D eigenvalue weighted by molar-refractivity contribution is 0.348. The van der Waals surface area contributed by atoms with Gasteiger partial charge in [0.25, 0.3) is 5.56 Å². The van der Waals surface area contributed by atoms with Gasteiger partial charge in [-0.2, -0.15) is 11.8 Å². The van der Waals surface area contributed by atoms with E-state index in [-0.39, 0.29) is 5.56 Å². The maximum absolute atomic E-state index is 12.5. The van der Waals surface area contributed by atoms with Crippen molar-refractivity contribution in [1.82, 2.24) is 4.98 Å². The van der Waals surface area contributed by atoms with Crippen molar-refractivity contribution in [2.75, 3.05) is 18.6 Å². The predicted molar refractivity (Wildman–Crippen MR) is 104 cm³/mol. The van der Waals surface area contributed by atoms with Gasteiger partial charge in [-0.25, -0.2) is 4.99 Å². The number of fused-ring (bicyclic) bond motifs is 5. The van der Waals surface area contributed by atoms with Crippen LogP contribution in [0.2, 0.25) is 0 Å². The minimum Gasteiger partial charge on any atom is -0.482 e. The van der Waals surface area contributed by atoms with Gasteiger partial charge in [-0.15, -0.1) is 0 Å². The van der Waals surface area contributed by atoms with Crippen LogP contribution in [0.25, 0.3) is 11.3 Å². The molecular formula is C20H22N2O2S. The van der Waals surface area contributed by atoms with Gasteiger partial charge in [-0.3, -0.25) is 4.79 Å². The van der Waals surface area contributed by atoms with Gasteiger partial charge in [-0.05, 0) is 54.7 Å². The van der Waals surface area contributed by atoms with Gasteiger partial charge < -0.3 is 9.72 Å². The molecule has 2 aliphatic carbocycles. The third kappa shape index (κ3) is 3.01. The molecule has 25 heavy (non-hydrogen) atoms. The van der Waals surface area contributed by atoms with Crippen LogP contribution in [0.15, 0.2) is 28.0 Å². The molecule has 0 unspecified atom stereocenters. The van der Waals surface area contributed by atoms with Crippen molar-refractivity contribution in [2.45, 2.75) is 32.1 Å². The Hall–Kier alpha value is -2.01. The predicted octanol–water partition coefficient (Wildman–Crippen LogP) is 3.86. The van der Waals surface area contributed by atoms with Gasteiger partial charge in [0.05, 0.1) is 18.0 Å². The van der Waals surface area contributed by atoms with Gasteiger partial charge >= 0.3 is 0 Å². The summed E-state index contributed by atoms with van der Waals surface area (Å²) in [5, 5.41) is 0. The first-order valence-electron chi connectivity index (χ1n) is 8.82. The quantitative estimate of drug-likeness (QED) is 0.430. The fourth-order valence-corrected chi connectivity index (χ4v) is 4.16. The van der Waals surface area contributed by atoms with Crippen LogP contribution in [0.4, 0.5) is 5.69 Å². The molecule has 130 valence electrons. The van der Waals surface area contributed by atoms with Crippen molar-refractivity contribution in [2.24, 2.45) is 4.99 Å². The van der Waals surface area contributed by atoms with E-state index >= 15 is 0 Å². The van der Waals surface area contributed by atoms with Gasteiger partial charge in [0.1, 0.15) is 0 Å². The van der Waals surface area contributed by atoms with Crippen molar-refractivity contribution in [3.63, 3.8) is 0 Å². The summed E-state index contributed by atoms with van der Waals surface area (Å²) in [6, 6.07) is 6.10. The number of hydrogen-bond donors (Lipinski definition) is 1. The molecule has 1 N–H and O–H groups in total. The number of aromatic nitrogens is 1. The maximum atomic E-state index is 12.5. The summed E-state index contributed by atoms with van der Waals surface area (Å²) in [7, 11) is 0. The Morgan fingerprint density at radius 3 is 2.88 bits per heavy atom. The molecule has 0 saturated heterocycles. The van der Waals surface area contributed by atoms with Crippen molar-refractivity contribution >= 4 is 23.8 Å². The molecule has 0 fully saturated rings. The number of aromatic amines is 1. The number of nitrogens with one attached hydrogen (secondary N) is 1. The van der Waals surface area contributed by atoms with Crippen LogP contribution in [0.1, 0.15) is 35.1 Å². The number of H-pyrrole nitrogens is 1. The molecule has 1 aromatic carbocycles. The Labute approximate surface area is 151 Å². The summed E-state index contributed by atoms with van der Waals surface area (Å²) in [4.78, 5) is 20.1. The second-order valence-corrected chi connectivity index (χ2v) is 7.54. The number of aliphatic imine (C=N–C) groups is 1. The number of nitrogens with zero attached hydrogens (tertiary/aromatic N) is 1. The van der Waals surface area contributed by atoms with Crippen LogP contribution < -0.4 is 5.56 Å². The highest BCUT2D eigenvalue weighted by atomic mass is 32.2. The van der Waals surface area contributed by atoms with Gasteiger partial charge in [-0.1, -0.05) is 12.1 Å². The van der Waals surface area contributed by atoms with Crippen LogP contribution in [0.5, 0.6) is 0 Å². The molecular weight excluding hydrogens is 332 g/mol. The van der Waals surface area contributed by atoms with Crippen LogP contribution in [0.3, 0.4) is 0 Å². The molecule has 4 rings (SSSR count). The highest BCUT2D eigenvalue weighted by Gasteiger charge is 2.28. The Morgan fingerprint density at radius 1 is 1.20 bits per heavy atom. The second-order valence-electron chi connectivity index (χ2n) is 6.55. The second kappa shape index (κ2) is 7.08. The van der Waals surface area contributed by atoms with E-state index in [2.05, 4.69) is 22.3 Å². The molecule has 2 aromatic rings. The molecule has 1 aromatic heterocycles. The first kappa shape index (κ1) is 16.5.